The number of nitrogens with one attached hydrogen (secondary N) is 1. The van der Waals surface area contributed by atoms with E-state index >= 15 is 0 Å². The molecule has 1 amide bonds. The minimum atomic E-state index is -0.368. The van der Waals surface area contributed by atoms with Crippen LogP contribution < -0.4 is 5.32 Å². The molecule has 190 valence electrons. The highest BCUT2D eigenvalue weighted by Crippen LogP contribution is 2.53. The summed E-state index contributed by atoms with van der Waals surface area (Å²) in [5.74, 6) is 0.629. The highest BCUT2D eigenvalue weighted by molar-refractivity contribution is 5.75. The van der Waals surface area contributed by atoms with Gasteiger partial charge in [-0.05, 0) is 87.1 Å². The Balaban J connectivity index is 1.34. The zero-order chi connectivity index (χ0) is 25.2. The predicted molar refractivity (Wildman–Crippen MR) is 134 cm³/mol. The maximum atomic E-state index is 13.6. The van der Waals surface area contributed by atoms with Crippen LogP contribution in [0.2, 0.25) is 0 Å². The van der Waals surface area contributed by atoms with E-state index in [1.807, 2.05) is 31.2 Å². The molecule has 7 heteroatoms. The molecule has 1 aliphatic heterocycles. The van der Waals surface area contributed by atoms with Gasteiger partial charge in [-0.15, -0.1) is 0 Å². The number of aromatic nitrogens is 1. The Morgan fingerprint density at radius 1 is 1.22 bits per heavy atom. The van der Waals surface area contributed by atoms with Crippen LogP contribution >= 0.6 is 0 Å². The topological polar surface area (TPSA) is 77.5 Å². The van der Waals surface area contributed by atoms with E-state index < -0.39 is 0 Å². The van der Waals surface area contributed by atoms with Crippen LogP contribution in [-0.4, -0.2) is 35.8 Å². The van der Waals surface area contributed by atoms with Gasteiger partial charge in [0.1, 0.15) is 11.9 Å². The van der Waals surface area contributed by atoms with Crippen LogP contribution in [0.4, 0.5) is 9.18 Å². The number of pyridine rings is 1. The van der Waals surface area contributed by atoms with Crippen LogP contribution in [0.3, 0.4) is 0 Å². The lowest BCUT2D eigenvalue weighted by molar-refractivity contribution is -0.144. The van der Waals surface area contributed by atoms with Gasteiger partial charge >= 0.3 is 12.1 Å². The molecule has 2 heterocycles. The third kappa shape index (κ3) is 5.01. The van der Waals surface area contributed by atoms with Crippen molar-refractivity contribution in [1.29, 1.82) is 0 Å². The van der Waals surface area contributed by atoms with Gasteiger partial charge in [0.05, 0.1) is 18.2 Å². The fourth-order valence-corrected chi connectivity index (χ4v) is 6.64. The number of benzene rings is 1. The molecular formula is C29H33FN2O4. The number of esters is 1. The second kappa shape index (κ2) is 10.4. The third-order valence-corrected chi connectivity index (χ3v) is 8.18. The Morgan fingerprint density at radius 3 is 2.83 bits per heavy atom. The van der Waals surface area contributed by atoms with Gasteiger partial charge in [0.25, 0.3) is 0 Å². The lowest BCUT2D eigenvalue weighted by Crippen LogP contribution is -2.48. The van der Waals surface area contributed by atoms with Crippen molar-refractivity contribution in [2.45, 2.75) is 51.7 Å². The number of alkyl carbamates (subject to hydrolysis) is 1. The summed E-state index contributed by atoms with van der Waals surface area (Å²) in [6.07, 6.45) is 9.07. The Labute approximate surface area is 211 Å². The predicted octanol–water partition coefficient (Wildman–Crippen LogP) is 5.63. The van der Waals surface area contributed by atoms with Crippen LogP contribution in [0.1, 0.15) is 45.2 Å². The van der Waals surface area contributed by atoms with Crippen LogP contribution in [0.25, 0.3) is 17.2 Å². The van der Waals surface area contributed by atoms with Crippen LogP contribution in [0.15, 0.2) is 48.7 Å². The zero-order valence-corrected chi connectivity index (χ0v) is 20.7. The van der Waals surface area contributed by atoms with Crippen molar-refractivity contribution in [3.8, 4) is 11.1 Å². The second-order valence-electron chi connectivity index (χ2n) is 10.3. The molecular weight excluding hydrogens is 459 g/mol. The number of nitrogens with zero attached hydrogens (tertiary/aromatic N) is 1. The van der Waals surface area contributed by atoms with E-state index in [9.17, 15) is 14.0 Å². The molecule has 2 saturated carbocycles. The zero-order valence-electron chi connectivity index (χ0n) is 20.7. The minimum absolute atomic E-state index is 0.0679. The van der Waals surface area contributed by atoms with Gasteiger partial charge in [-0.2, -0.15) is 0 Å². The standard InChI is InChI=1S/C29H33FN2O4/c1-3-35-29(34)32-23-10-11-24-20(14-23)15-26-27(17(2)36-28(26)33)25(24)12-9-22-8-7-19(16-31-22)18-5-4-6-21(30)13-18/h4-9,12-13,16-17,20,23-27H,3,10-11,14-15H2,1-2H3,(H,32,34)/b12-9+/t17-,20+,23-,24+,25-,26+,27+/m1/s1. The maximum Gasteiger partial charge on any atom is 0.407 e. The molecule has 1 aromatic carbocycles. The van der Waals surface area contributed by atoms with Crippen molar-refractivity contribution in [2.24, 2.45) is 29.6 Å². The molecule has 3 aliphatic rings. The number of carbonyl (C=O) groups is 2. The number of rotatable bonds is 5. The summed E-state index contributed by atoms with van der Waals surface area (Å²) in [7, 11) is 0. The molecule has 7 atom stereocenters. The van der Waals surface area contributed by atoms with Crippen molar-refractivity contribution in [2.75, 3.05) is 6.61 Å². The van der Waals surface area contributed by atoms with Crippen LogP contribution in [0, 0.1) is 35.4 Å². The lowest BCUT2D eigenvalue weighted by Gasteiger charge is -2.47. The summed E-state index contributed by atoms with van der Waals surface area (Å²) in [5.41, 5.74) is 2.48. The number of allylic oxidation sites excluding steroid dienone is 1. The Morgan fingerprint density at radius 2 is 2.08 bits per heavy atom. The van der Waals surface area contributed by atoms with Gasteiger partial charge in [0.2, 0.25) is 0 Å². The molecule has 1 saturated heterocycles. The average Bonchev–Trinajstić information content (AvgIpc) is 3.15. The van der Waals surface area contributed by atoms with Crippen LogP contribution in [-0.2, 0) is 14.3 Å². The molecule has 6 nitrogen and oxygen atoms in total. The number of hydrogen-bond donors (Lipinski definition) is 1. The second-order valence-corrected chi connectivity index (χ2v) is 10.3. The number of ether oxygens (including phenoxy) is 2. The molecule has 2 aromatic rings. The molecule has 1 N–H and O–H groups in total. The average molecular weight is 493 g/mol. The summed E-state index contributed by atoms with van der Waals surface area (Å²) in [6, 6.07) is 10.4. The van der Waals surface area contributed by atoms with Gasteiger partial charge in [-0.25, -0.2) is 9.18 Å². The third-order valence-electron chi connectivity index (χ3n) is 8.18. The normalized spacial score (nSPS) is 31.4. The summed E-state index contributed by atoms with van der Waals surface area (Å²) in [5, 5.41) is 3.00. The van der Waals surface area contributed by atoms with Crippen molar-refractivity contribution in [1.82, 2.24) is 10.3 Å². The number of hydrogen-bond acceptors (Lipinski definition) is 5. The number of halogens is 1. The van der Waals surface area contributed by atoms with E-state index in [0.717, 1.165) is 42.5 Å². The van der Waals surface area contributed by atoms with E-state index in [1.54, 1.807) is 19.2 Å². The van der Waals surface area contributed by atoms with E-state index in [2.05, 4.69) is 16.4 Å². The summed E-state index contributed by atoms with van der Waals surface area (Å²) in [6.45, 7) is 4.15. The van der Waals surface area contributed by atoms with Crippen molar-refractivity contribution in [3.63, 3.8) is 0 Å². The van der Waals surface area contributed by atoms with Crippen LogP contribution in [0.5, 0.6) is 0 Å². The maximum absolute atomic E-state index is 13.6. The quantitative estimate of drug-likeness (QED) is 0.548. The number of carbonyl (C=O) groups excluding carboxylic acids is 2. The van der Waals surface area contributed by atoms with E-state index in [4.69, 9.17) is 9.47 Å². The Kier molecular flexibility index (Phi) is 7.08. The number of cyclic esters (lactones) is 1. The van der Waals surface area contributed by atoms with E-state index in [1.165, 1.54) is 12.1 Å². The molecule has 2 aliphatic carbocycles. The molecule has 0 radical (unpaired) electrons. The minimum Gasteiger partial charge on any atom is -0.462 e. The largest absolute Gasteiger partial charge is 0.462 e. The molecule has 1 aromatic heterocycles. The Hall–Kier alpha value is -3.22. The summed E-state index contributed by atoms with van der Waals surface area (Å²) >= 11 is 0. The molecule has 0 unspecified atom stereocenters. The van der Waals surface area contributed by atoms with E-state index in [0.29, 0.717) is 18.4 Å². The summed E-state index contributed by atoms with van der Waals surface area (Å²) in [4.78, 5) is 29.2. The van der Waals surface area contributed by atoms with Gasteiger partial charge in [-0.1, -0.05) is 24.3 Å². The lowest BCUT2D eigenvalue weighted by atomic mass is 9.57. The van der Waals surface area contributed by atoms with Gasteiger partial charge in [0.15, 0.2) is 0 Å². The Bertz CT molecular complexity index is 1130. The summed E-state index contributed by atoms with van der Waals surface area (Å²) < 4.78 is 24.3. The van der Waals surface area contributed by atoms with Gasteiger partial charge in [0, 0.05) is 23.7 Å². The fraction of sp³-hybridized carbons (Fsp3) is 0.483. The SMILES string of the molecule is CCOC(=O)N[C@@H]1CC[C@H]2[C@@H](C1)C[C@@H]1C(=O)O[C@H](C)[C@H]1[C@@H]2/C=C/c1ccc(-c2cccc(F)c2)cn1. The number of amides is 1. The molecule has 36 heavy (non-hydrogen) atoms. The van der Waals surface area contributed by atoms with Crippen molar-refractivity contribution >= 4 is 18.1 Å². The highest BCUT2D eigenvalue weighted by Gasteiger charge is 2.54. The van der Waals surface area contributed by atoms with Gasteiger partial charge in [-0.3, -0.25) is 9.78 Å². The fourth-order valence-electron chi connectivity index (χ4n) is 6.64. The molecule has 0 bridgehead atoms. The first kappa shape index (κ1) is 24.5. The van der Waals surface area contributed by atoms with E-state index in [-0.39, 0.29) is 47.8 Å². The van der Waals surface area contributed by atoms with Crippen molar-refractivity contribution in [3.05, 3.63) is 60.2 Å². The molecule has 5 rings (SSSR count). The smallest absolute Gasteiger partial charge is 0.407 e. The monoisotopic (exact) mass is 492 g/mol. The first-order valence-corrected chi connectivity index (χ1v) is 13.0. The van der Waals surface area contributed by atoms with Gasteiger partial charge < -0.3 is 14.8 Å². The highest BCUT2D eigenvalue weighted by atomic mass is 19.1. The first-order valence-electron chi connectivity index (χ1n) is 13.0. The molecule has 3 fully saturated rings. The molecule has 0 spiro atoms. The number of fused-ring (bicyclic) bond motifs is 2. The first-order chi connectivity index (χ1) is 17.4. The van der Waals surface area contributed by atoms with Crippen molar-refractivity contribution < 1.29 is 23.5 Å².